The molecule has 2 heteroatoms. The molecule has 2 aromatic heterocycles. The van der Waals surface area contributed by atoms with E-state index in [9.17, 15) is 0 Å². The summed E-state index contributed by atoms with van der Waals surface area (Å²) < 4.78 is 2.71. The number of rotatable bonds is 0. The third-order valence-corrected chi connectivity index (χ3v) is 6.13. The molecule has 0 atom stereocenters. The molecule has 0 aliphatic heterocycles. The second-order valence-corrected chi connectivity index (χ2v) is 7.25. The SMILES string of the molecule is [C+]1=Cc2[nH]c3c(c2C=C1)c1ccccc1c1sc2ccccc2c31. The van der Waals surface area contributed by atoms with E-state index in [1.165, 1.54) is 47.4 Å². The zero-order valence-electron chi connectivity index (χ0n) is 12.8. The second-order valence-electron chi connectivity index (χ2n) is 6.19. The topological polar surface area (TPSA) is 15.8 Å². The fraction of sp³-hybridized carbons (Fsp3) is 0. The summed E-state index contributed by atoms with van der Waals surface area (Å²) in [5.74, 6) is 0. The molecule has 6 rings (SSSR count). The third-order valence-electron chi connectivity index (χ3n) is 4.93. The minimum atomic E-state index is 1.15. The van der Waals surface area contributed by atoms with Crippen LogP contribution in [0.15, 0.2) is 54.6 Å². The van der Waals surface area contributed by atoms with Crippen LogP contribution in [-0.2, 0) is 0 Å². The average molecular weight is 322 g/mol. The van der Waals surface area contributed by atoms with E-state index in [-0.39, 0.29) is 0 Å². The molecule has 24 heavy (non-hydrogen) atoms. The Morgan fingerprint density at radius 3 is 2.54 bits per heavy atom. The summed E-state index contributed by atoms with van der Waals surface area (Å²) in [5, 5.41) is 6.67. The van der Waals surface area contributed by atoms with Crippen LogP contribution in [0.5, 0.6) is 0 Å². The second kappa shape index (κ2) is 4.33. The Kier molecular flexibility index (Phi) is 2.25. The minimum absolute atomic E-state index is 1.15. The monoisotopic (exact) mass is 322 g/mol. The Bertz CT molecular complexity index is 1340. The average Bonchev–Trinajstić information content (AvgIpc) is 3.20. The van der Waals surface area contributed by atoms with E-state index < -0.39 is 0 Å². The standard InChI is InChI=1S/C22H12NS/c1-2-8-14-13(7-1)19-15-9-3-5-11-17(15)23-21(19)20-16-10-4-6-12-18(16)24-22(14)20/h1-4,6-12,23H/q+1. The largest absolute Gasteiger partial charge is 0.300 e. The summed E-state index contributed by atoms with van der Waals surface area (Å²) in [7, 11) is 0. The number of fused-ring (bicyclic) bond motifs is 10. The molecule has 0 fully saturated rings. The Morgan fingerprint density at radius 2 is 1.62 bits per heavy atom. The van der Waals surface area contributed by atoms with E-state index in [0.29, 0.717) is 0 Å². The van der Waals surface area contributed by atoms with Gasteiger partial charge in [-0.15, -0.1) is 11.3 Å². The van der Waals surface area contributed by atoms with Gasteiger partial charge in [0.25, 0.3) is 0 Å². The molecule has 110 valence electrons. The molecule has 0 radical (unpaired) electrons. The van der Waals surface area contributed by atoms with E-state index >= 15 is 0 Å². The fourth-order valence-electron chi connectivity index (χ4n) is 3.93. The molecule has 0 saturated heterocycles. The van der Waals surface area contributed by atoms with Crippen molar-refractivity contribution in [2.45, 2.75) is 0 Å². The van der Waals surface area contributed by atoms with E-state index in [1.54, 1.807) is 0 Å². The zero-order valence-corrected chi connectivity index (χ0v) is 13.6. The number of nitrogens with one attached hydrogen (secondary N) is 1. The normalized spacial score (nSPS) is 13.2. The first-order chi connectivity index (χ1) is 11.9. The maximum atomic E-state index is 3.67. The molecule has 0 saturated carbocycles. The number of hydrogen-bond acceptors (Lipinski definition) is 1. The highest BCUT2D eigenvalue weighted by Crippen LogP contribution is 2.45. The molecule has 2 heterocycles. The van der Waals surface area contributed by atoms with E-state index in [1.807, 2.05) is 23.5 Å². The lowest BCUT2D eigenvalue weighted by Crippen LogP contribution is -1.80. The van der Waals surface area contributed by atoms with E-state index in [0.717, 1.165) is 5.69 Å². The highest BCUT2D eigenvalue weighted by atomic mass is 32.1. The Hall–Kier alpha value is -2.93. The Balaban J connectivity index is 2.03. The van der Waals surface area contributed by atoms with Crippen molar-refractivity contribution >= 4 is 65.3 Å². The van der Waals surface area contributed by atoms with Crippen LogP contribution in [0, 0.1) is 6.08 Å². The van der Waals surface area contributed by atoms with Gasteiger partial charge in [0.1, 0.15) is 17.7 Å². The number of thiophene rings is 1. The van der Waals surface area contributed by atoms with Gasteiger partial charge in [0, 0.05) is 37.0 Å². The summed E-state index contributed by atoms with van der Waals surface area (Å²) >= 11 is 1.89. The number of benzene rings is 3. The molecular weight excluding hydrogens is 310 g/mol. The van der Waals surface area contributed by atoms with Gasteiger partial charge < -0.3 is 0 Å². The van der Waals surface area contributed by atoms with Crippen LogP contribution < -0.4 is 0 Å². The summed E-state index contributed by atoms with van der Waals surface area (Å²) in [6.45, 7) is 0. The minimum Gasteiger partial charge on any atom is -0.300 e. The highest BCUT2D eigenvalue weighted by Gasteiger charge is 2.23. The van der Waals surface area contributed by atoms with Gasteiger partial charge in [-0.2, -0.15) is 0 Å². The molecule has 0 amide bonds. The van der Waals surface area contributed by atoms with Crippen LogP contribution >= 0.6 is 11.3 Å². The molecule has 3 aromatic carbocycles. The molecule has 1 aliphatic rings. The Morgan fingerprint density at radius 1 is 0.833 bits per heavy atom. The number of allylic oxidation sites excluding steroid dienone is 2. The van der Waals surface area contributed by atoms with Crippen molar-refractivity contribution in [1.82, 2.24) is 4.98 Å². The molecule has 5 aromatic rings. The van der Waals surface area contributed by atoms with Crippen molar-refractivity contribution in [3.63, 3.8) is 0 Å². The molecule has 1 nitrogen and oxygen atoms in total. The summed E-state index contributed by atoms with van der Waals surface area (Å²) in [6.07, 6.45) is 9.41. The van der Waals surface area contributed by atoms with Crippen LogP contribution in [0.3, 0.4) is 0 Å². The van der Waals surface area contributed by atoms with Gasteiger partial charge >= 0.3 is 0 Å². The predicted octanol–water partition coefficient (Wildman–Crippen LogP) is 6.53. The zero-order chi connectivity index (χ0) is 15.7. The van der Waals surface area contributed by atoms with E-state index in [2.05, 4.69) is 65.7 Å². The first-order valence-corrected chi connectivity index (χ1v) is 8.87. The van der Waals surface area contributed by atoms with Gasteiger partial charge in [-0.1, -0.05) is 42.5 Å². The van der Waals surface area contributed by atoms with E-state index in [4.69, 9.17) is 0 Å². The maximum absolute atomic E-state index is 3.67. The first-order valence-electron chi connectivity index (χ1n) is 8.05. The van der Waals surface area contributed by atoms with Gasteiger partial charge in [-0.05, 0) is 11.5 Å². The van der Waals surface area contributed by atoms with Gasteiger partial charge in [0.15, 0.2) is 5.69 Å². The van der Waals surface area contributed by atoms with Gasteiger partial charge in [-0.3, -0.25) is 4.98 Å². The summed E-state index contributed by atoms with van der Waals surface area (Å²) in [5.41, 5.74) is 3.67. The lowest BCUT2D eigenvalue weighted by Gasteiger charge is -2.03. The molecular formula is C22H12NS+. The van der Waals surface area contributed by atoms with Crippen LogP contribution in [0.25, 0.3) is 54.0 Å². The fourth-order valence-corrected chi connectivity index (χ4v) is 5.18. The number of H-pyrrole nitrogens is 1. The van der Waals surface area contributed by atoms with Crippen molar-refractivity contribution in [3.05, 3.63) is 71.9 Å². The van der Waals surface area contributed by atoms with Crippen molar-refractivity contribution in [1.29, 1.82) is 0 Å². The van der Waals surface area contributed by atoms with Gasteiger partial charge in [0.05, 0.1) is 11.6 Å². The van der Waals surface area contributed by atoms with Crippen LogP contribution in [0.2, 0.25) is 0 Å². The molecule has 0 bridgehead atoms. The lowest BCUT2D eigenvalue weighted by molar-refractivity contribution is 1.42. The van der Waals surface area contributed by atoms with Crippen LogP contribution in [0.4, 0.5) is 0 Å². The van der Waals surface area contributed by atoms with Gasteiger partial charge in [0.2, 0.25) is 0 Å². The predicted molar refractivity (Wildman–Crippen MR) is 105 cm³/mol. The van der Waals surface area contributed by atoms with Crippen molar-refractivity contribution in [2.75, 3.05) is 0 Å². The first kappa shape index (κ1) is 12.5. The number of aromatic amines is 1. The molecule has 1 aliphatic carbocycles. The van der Waals surface area contributed by atoms with Crippen molar-refractivity contribution < 1.29 is 0 Å². The summed E-state index contributed by atoms with van der Waals surface area (Å²) in [4.78, 5) is 3.67. The smallest absolute Gasteiger partial charge is 0.159 e. The quantitative estimate of drug-likeness (QED) is 0.312. The summed E-state index contributed by atoms with van der Waals surface area (Å²) in [6, 6.07) is 17.5. The third kappa shape index (κ3) is 1.43. The lowest BCUT2D eigenvalue weighted by atomic mass is 9.98. The number of aromatic nitrogens is 1. The van der Waals surface area contributed by atoms with Crippen molar-refractivity contribution in [3.8, 4) is 0 Å². The number of hydrogen-bond donors (Lipinski definition) is 1. The maximum Gasteiger partial charge on any atom is 0.159 e. The highest BCUT2D eigenvalue weighted by molar-refractivity contribution is 7.27. The molecule has 0 spiro atoms. The molecule has 1 N–H and O–H groups in total. The van der Waals surface area contributed by atoms with Gasteiger partial charge in [-0.25, -0.2) is 0 Å². The van der Waals surface area contributed by atoms with Crippen LogP contribution in [0.1, 0.15) is 11.3 Å². The Labute approximate surface area is 142 Å². The van der Waals surface area contributed by atoms with Crippen molar-refractivity contribution in [2.24, 2.45) is 0 Å². The molecule has 0 unspecified atom stereocenters. The van der Waals surface area contributed by atoms with Crippen LogP contribution in [-0.4, -0.2) is 4.98 Å².